The van der Waals surface area contributed by atoms with Gasteiger partial charge in [-0.25, -0.2) is 4.98 Å². The second-order valence-corrected chi connectivity index (χ2v) is 8.91. The van der Waals surface area contributed by atoms with E-state index in [0.29, 0.717) is 27.5 Å². The molecule has 162 valence electrons. The van der Waals surface area contributed by atoms with Crippen molar-refractivity contribution in [2.24, 2.45) is 0 Å². The average molecular weight is 458 g/mol. The summed E-state index contributed by atoms with van der Waals surface area (Å²) in [5.74, 6) is -0.374. The standard InChI is InChI=1S/C23H24ClN3O3S/c1-14(2)27-22(30)18-10-9-17(24)12-20(18)26-23(27)31-13-21(29)25-19(15(3)28)11-16-7-5-4-6-8-16/h4-10,12,14,19H,11,13H2,1-3H3,(H,25,29). The Morgan fingerprint density at radius 1 is 1.16 bits per heavy atom. The lowest BCUT2D eigenvalue weighted by Gasteiger charge is -2.18. The molecule has 1 unspecified atom stereocenters. The third-order valence-electron chi connectivity index (χ3n) is 4.79. The lowest BCUT2D eigenvalue weighted by molar-refractivity contribution is -0.125. The number of thioether (sulfide) groups is 1. The number of benzene rings is 2. The van der Waals surface area contributed by atoms with Crippen LogP contribution in [-0.4, -0.2) is 33.0 Å². The Bertz CT molecular complexity index is 1160. The van der Waals surface area contributed by atoms with E-state index < -0.39 is 6.04 Å². The van der Waals surface area contributed by atoms with Crippen LogP contribution in [0.3, 0.4) is 0 Å². The second-order valence-electron chi connectivity index (χ2n) is 7.53. The Hall–Kier alpha value is -2.64. The SMILES string of the molecule is CC(=O)C(Cc1ccccc1)NC(=O)CSc1nc2cc(Cl)ccc2c(=O)n1C(C)C. The van der Waals surface area contributed by atoms with Crippen LogP contribution in [0, 0.1) is 0 Å². The summed E-state index contributed by atoms with van der Waals surface area (Å²) in [4.78, 5) is 42.1. The molecule has 1 amide bonds. The number of halogens is 1. The molecule has 2 aromatic carbocycles. The van der Waals surface area contributed by atoms with Crippen LogP contribution in [0.4, 0.5) is 0 Å². The van der Waals surface area contributed by atoms with Gasteiger partial charge in [0.05, 0.1) is 22.7 Å². The highest BCUT2D eigenvalue weighted by atomic mass is 35.5. The Morgan fingerprint density at radius 2 is 1.87 bits per heavy atom. The van der Waals surface area contributed by atoms with E-state index in [9.17, 15) is 14.4 Å². The van der Waals surface area contributed by atoms with E-state index in [1.165, 1.54) is 6.92 Å². The van der Waals surface area contributed by atoms with Crippen LogP contribution in [0.1, 0.15) is 32.4 Å². The third kappa shape index (κ3) is 5.74. The van der Waals surface area contributed by atoms with Crippen molar-refractivity contribution >= 4 is 46.0 Å². The van der Waals surface area contributed by atoms with Gasteiger partial charge in [-0.1, -0.05) is 53.7 Å². The van der Waals surface area contributed by atoms with Crippen LogP contribution >= 0.6 is 23.4 Å². The molecule has 0 spiro atoms. The molecule has 0 aliphatic rings. The number of aromatic nitrogens is 2. The summed E-state index contributed by atoms with van der Waals surface area (Å²) in [5.41, 5.74) is 1.28. The molecule has 0 radical (unpaired) electrons. The molecule has 0 aliphatic carbocycles. The van der Waals surface area contributed by atoms with Gasteiger partial charge >= 0.3 is 0 Å². The first-order valence-electron chi connectivity index (χ1n) is 9.94. The summed E-state index contributed by atoms with van der Waals surface area (Å²) < 4.78 is 1.57. The summed E-state index contributed by atoms with van der Waals surface area (Å²) in [5, 5.41) is 4.20. The first kappa shape index (κ1) is 23.0. The maximum atomic E-state index is 12.9. The Balaban J connectivity index is 1.77. The molecule has 0 fully saturated rings. The van der Waals surface area contributed by atoms with Crippen molar-refractivity contribution in [1.29, 1.82) is 0 Å². The third-order valence-corrected chi connectivity index (χ3v) is 5.98. The van der Waals surface area contributed by atoms with E-state index in [2.05, 4.69) is 10.3 Å². The minimum absolute atomic E-state index is 0.0315. The fourth-order valence-electron chi connectivity index (χ4n) is 3.22. The van der Waals surface area contributed by atoms with Gasteiger partial charge in [-0.05, 0) is 51.0 Å². The van der Waals surface area contributed by atoms with Crippen LogP contribution in [0.15, 0.2) is 58.5 Å². The molecule has 3 rings (SSSR count). The maximum Gasteiger partial charge on any atom is 0.262 e. The van der Waals surface area contributed by atoms with Gasteiger partial charge in [0.15, 0.2) is 10.9 Å². The van der Waals surface area contributed by atoms with Crippen molar-refractivity contribution in [3.05, 3.63) is 69.5 Å². The van der Waals surface area contributed by atoms with Crippen LogP contribution in [0.5, 0.6) is 0 Å². The van der Waals surface area contributed by atoms with Crippen LogP contribution < -0.4 is 10.9 Å². The highest BCUT2D eigenvalue weighted by molar-refractivity contribution is 7.99. The van der Waals surface area contributed by atoms with E-state index in [4.69, 9.17) is 11.6 Å². The van der Waals surface area contributed by atoms with Crippen molar-refractivity contribution in [1.82, 2.24) is 14.9 Å². The fourth-order valence-corrected chi connectivity index (χ4v) is 4.33. The summed E-state index contributed by atoms with van der Waals surface area (Å²) in [6.45, 7) is 5.24. The minimum atomic E-state index is -0.605. The molecule has 0 bridgehead atoms. The van der Waals surface area contributed by atoms with E-state index in [0.717, 1.165) is 17.3 Å². The number of Topliss-reactive ketones (excluding diaryl/α,β-unsaturated/α-hetero) is 1. The summed E-state index contributed by atoms with van der Waals surface area (Å²) in [7, 11) is 0. The number of rotatable bonds is 8. The molecule has 0 aliphatic heterocycles. The van der Waals surface area contributed by atoms with Crippen LogP contribution in [0.2, 0.25) is 5.02 Å². The molecule has 1 N–H and O–H groups in total. The van der Waals surface area contributed by atoms with Gasteiger partial charge in [0, 0.05) is 11.1 Å². The van der Waals surface area contributed by atoms with Crippen LogP contribution in [0.25, 0.3) is 10.9 Å². The zero-order chi connectivity index (χ0) is 22.5. The van der Waals surface area contributed by atoms with Gasteiger partial charge in [-0.15, -0.1) is 0 Å². The molecular formula is C23H24ClN3O3S. The van der Waals surface area contributed by atoms with Crippen LogP contribution in [-0.2, 0) is 16.0 Å². The molecule has 0 saturated carbocycles. The molecule has 1 heterocycles. The predicted molar refractivity (Wildman–Crippen MR) is 125 cm³/mol. The first-order chi connectivity index (χ1) is 14.8. The lowest BCUT2D eigenvalue weighted by Crippen LogP contribution is -2.42. The molecule has 1 aromatic heterocycles. The topological polar surface area (TPSA) is 81.1 Å². The summed E-state index contributed by atoms with van der Waals surface area (Å²) >= 11 is 7.22. The zero-order valence-electron chi connectivity index (χ0n) is 17.6. The monoisotopic (exact) mass is 457 g/mol. The highest BCUT2D eigenvalue weighted by Gasteiger charge is 2.20. The van der Waals surface area contributed by atoms with Gasteiger partial charge in [0.25, 0.3) is 5.56 Å². The second kappa shape index (κ2) is 10.1. The number of nitrogens with zero attached hydrogens (tertiary/aromatic N) is 2. The molecule has 6 nitrogen and oxygen atoms in total. The van der Waals surface area contributed by atoms with Crippen molar-refractivity contribution in [2.75, 3.05) is 5.75 Å². The number of nitrogens with one attached hydrogen (secondary N) is 1. The normalized spacial score (nSPS) is 12.2. The largest absolute Gasteiger partial charge is 0.345 e. The van der Waals surface area contributed by atoms with E-state index in [-0.39, 0.29) is 29.0 Å². The number of carbonyl (C=O) groups is 2. The molecular weight excluding hydrogens is 434 g/mol. The first-order valence-corrected chi connectivity index (χ1v) is 11.3. The maximum absolute atomic E-state index is 12.9. The van der Waals surface area contributed by atoms with Crippen molar-refractivity contribution in [3.63, 3.8) is 0 Å². The number of carbonyl (C=O) groups excluding carboxylic acids is 2. The Kier molecular flexibility index (Phi) is 7.51. The summed E-state index contributed by atoms with van der Waals surface area (Å²) in [6.07, 6.45) is 0.427. The molecule has 0 saturated heterocycles. The number of amides is 1. The van der Waals surface area contributed by atoms with Gasteiger partial charge in [0.1, 0.15) is 0 Å². The van der Waals surface area contributed by atoms with E-state index in [1.54, 1.807) is 22.8 Å². The molecule has 1 atom stereocenters. The number of hydrogen-bond donors (Lipinski definition) is 1. The average Bonchev–Trinajstić information content (AvgIpc) is 2.72. The smallest absolute Gasteiger partial charge is 0.262 e. The van der Waals surface area contributed by atoms with Gasteiger partial charge in [-0.2, -0.15) is 0 Å². The number of ketones is 1. The Morgan fingerprint density at radius 3 is 2.52 bits per heavy atom. The van der Waals surface area contributed by atoms with Gasteiger partial charge in [-0.3, -0.25) is 19.0 Å². The quantitative estimate of drug-likeness (QED) is 0.408. The number of fused-ring (bicyclic) bond motifs is 1. The van der Waals surface area contributed by atoms with Gasteiger partial charge < -0.3 is 5.32 Å². The Labute approximate surface area is 190 Å². The van der Waals surface area contributed by atoms with Crippen molar-refractivity contribution in [2.45, 2.75) is 44.4 Å². The minimum Gasteiger partial charge on any atom is -0.345 e. The van der Waals surface area contributed by atoms with E-state index >= 15 is 0 Å². The van der Waals surface area contributed by atoms with E-state index in [1.807, 2.05) is 44.2 Å². The van der Waals surface area contributed by atoms with Gasteiger partial charge in [0.2, 0.25) is 5.91 Å². The fraction of sp³-hybridized carbons (Fsp3) is 0.304. The highest BCUT2D eigenvalue weighted by Crippen LogP contribution is 2.22. The molecule has 8 heteroatoms. The summed E-state index contributed by atoms with van der Waals surface area (Å²) in [6, 6.07) is 13.8. The zero-order valence-corrected chi connectivity index (χ0v) is 19.2. The predicted octanol–water partition coefficient (Wildman–Crippen LogP) is 4.04. The lowest BCUT2D eigenvalue weighted by atomic mass is 10.0. The van der Waals surface area contributed by atoms with Crippen molar-refractivity contribution in [3.8, 4) is 0 Å². The molecule has 31 heavy (non-hydrogen) atoms. The number of hydrogen-bond acceptors (Lipinski definition) is 5. The van der Waals surface area contributed by atoms with Crippen molar-refractivity contribution < 1.29 is 9.59 Å². The molecule has 3 aromatic rings.